The summed E-state index contributed by atoms with van der Waals surface area (Å²) in [6, 6.07) is -1.54. The number of aliphatic hydroxyl groups is 1. The van der Waals surface area contributed by atoms with E-state index in [0.717, 1.165) is 57.8 Å². The molecule has 0 aromatic rings. The molecule has 0 radical (unpaired) electrons. The fraction of sp³-hybridized carbons (Fsp3) is 0.614. The summed E-state index contributed by atoms with van der Waals surface area (Å²) in [6.07, 6.45) is 42.8. The number of phosphoric ester groups is 1. The number of rotatable bonds is 37. The van der Waals surface area contributed by atoms with Crippen molar-refractivity contribution < 1.29 is 52.6 Å². The smallest absolute Gasteiger partial charge is 0.472 e. The average Bonchev–Trinajstić information content (AvgIpc) is 3.18. The maximum atomic E-state index is 12.6. The van der Waals surface area contributed by atoms with Gasteiger partial charge in [0.2, 0.25) is 0 Å². The first kappa shape index (κ1) is 53.6. The molecule has 0 heterocycles. The van der Waals surface area contributed by atoms with Crippen molar-refractivity contribution in [3.8, 4) is 0 Å². The largest absolute Gasteiger partial charge is 0.480 e. The van der Waals surface area contributed by atoms with E-state index in [1.54, 1.807) is 6.08 Å². The molecular weight excluding hydrogens is 749 g/mol. The number of hydrogen-bond acceptors (Lipinski definition) is 10. The van der Waals surface area contributed by atoms with Crippen LogP contribution in [0, 0.1) is 0 Å². The number of aliphatic hydroxyl groups excluding tert-OH is 1. The molecule has 0 aromatic heterocycles. The van der Waals surface area contributed by atoms with Crippen LogP contribution in [0.25, 0.3) is 0 Å². The first-order valence-corrected chi connectivity index (χ1v) is 22.2. The number of ether oxygens (including phenoxy) is 2. The van der Waals surface area contributed by atoms with Gasteiger partial charge in [-0.15, -0.1) is 0 Å². The predicted octanol–water partition coefficient (Wildman–Crippen LogP) is 9.69. The summed E-state index contributed by atoms with van der Waals surface area (Å²) in [5.41, 5.74) is 5.32. The van der Waals surface area contributed by atoms with E-state index in [-0.39, 0.29) is 12.8 Å². The van der Waals surface area contributed by atoms with Crippen molar-refractivity contribution in [3.63, 3.8) is 0 Å². The fourth-order valence-electron chi connectivity index (χ4n) is 4.93. The van der Waals surface area contributed by atoms with Gasteiger partial charge in [0, 0.05) is 12.8 Å². The summed E-state index contributed by atoms with van der Waals surface area (Å²) in [5.74, 6) is -2.54. The van der Waals surface area contributed by atoms with Crippen LogP contribution in [0.2, 0.25) is 0 Å². The molecule has 0 saturated heterocycles. The molecule has 57 heavy (non-hydrogen) atoms. The summed E-state index contributed by atoms with van der Waals surface area (Å²) in [6.45, 7) is 2.46. The van der Waals surface area contributed by atoms with Gasteiger partial charge in [-0.3, -0.25) is 23.4 Å². The molecule has 13 heteroatoms. The van der Waals surface area contributed by atoms with E-state index in [1.165, 1.54) is 25.7 Å². The van der Waals surface area contributed by atoms with E-state index in [1.807, 2.05) is 54.7 Å². The van der Waals surface area contributed by atoms with E-state index < -0.39 is 63.8 Å². The molecule has 324 valence electrons. The van der Waals surface area contributed by atoms with Crippen molar-refractivity contribution >= 4 is 25.7 Å². The van der Waals surface area contributed by atoms with Crippen LogP contribution in [-0.2, 0) is 37.5 Å². The highest BCUT2D eigenvalue weighted by molar-refractivity contribution is 7.47. The molecular formula is C44H72NO11P. The Labute approximate surface area is 342 Å². The van der Waals surface area contributed by atoms with Gasteiger partial charge in [0.05, 0.1) is 19.3 Å². The second-order valence-electron chi connectivity index (χ2n) is 13.6. The van der Waals surface area contributed by atoms with Crippen molar-refractivity contribution in [1.29, 1.82) is 0 Å². The maximum Gasteiger partial charge on any atom is 0.472 e. The monoisotopic (exact) mass is 821 g/mol. The second-order valence-corrected chi connectivity index (χ2v) is 15.0. The van der Waals surface area contributed by atoms with Gasteiger partial charge in [0.15, 0.2) is 6.10 Å². The Balaban J connectivity index is 4.59. The minimum Gasteiger partial charge on any atom is -0.480 e. The highest BCUT2D eigenvalue weighted by Gasteiger charge is 2.28. The molecule has 2 unspecified atom stereocenters. The zero-order valence-electron chi connectivity index (χ0n) is 34.5. The van der Waals surface area contributed by atoms with E-state index >= 15 is 0 Å². The maximum absolute atomic E-state index is 12.6. The summed E-state index contributed by atoms with van der Waals surface area (Å²) in [4.78, 5) is 45.8. The number of allylic oxidation sites excluding steroid dienone is 12. The van der Waals surface area contributed by atoms with Gasteiger partial charge in [-0.25, -0.2) is 4.57 Å². The summed E-state index contributed by atoms with van der Waals surface area (Å²) < 4.78 is 32.5. The van der Waals surface area contributed by atoms with Crippen molar-refractivity contribution in [2.75, 3.05) is 19.8 Å². The number of hydrogen-bond donors (Lipinski definition) is 4. The Hall–Kier alpha value is -3.38. The van der Waals surface area contributed by atoms with Gasteiger partial charge in [-0.05, 0) is 70.6 Å². The SMILES string of the molecule is CC/C=C\CC(O)/C=C/C=C/C/C=C\C/C=C\C/C=C\CCC(=O)O[C@H](COC(=O)CCCCCCC/C=C\CCCCCC)COP(=O)(O)OC[C@H](N)C(=O)O. The molecule has 0 aliphatic heterocycles. The number of nitrogens with two attached hydrogens (primary N) is 1. The lowest BCUT2D eigenvalue weighted by atomic mass is 10.1. The minimum atomic E-state index is -4.75. The Kier molecular flexibility index (Phi) is 35.9. The van der Waals surface area contributed by atoms with Crippen molar-refractivity contribution in [2.45, 2.75) is 154 Å². The number of carbonyl (C=O) groups is 3. The number of carboxylic acids is 1. The number of unbranched alkanes of at least 4 members (excludes halogenated alkanes) is 9. The quantitative estimate of drug-likeness (QED) is 0.0153. The molecule has 5 N–H and O–H groups in total. The molecule has 12 nitrogen and oxygen atoms in total. The third-order valence-electron chi connectivity index (χ3n) is 8.22. The fourth-order valence-corrected chi connectivity index (χ4v) is 5.71. The zero-order chi connectivity index (χ0) is 42.2. The standard InChI is InChI=1S/C44H72NO11P/c1-3-5-7-8-9-10-11-13-17-20-23-26-30-34-42(47)53-36-40(37-54-57(51,52)55-38-41(45)44(49)50)56-43(48)35-31-27-24-21-18-15-12-14-16-19-22-25-29-33-39(46)32-28-6-4-2/h6,10-11,14-16,18,22,24-25,27-29,33,39-41,46H,3-5,7-9,12-13,17,19-21,23,26,30-32,34-38,45H2,1-2H3,(H,49,50)(H,51,52)/b11-10-,16-14-,18-15-,25-22+,27-24-,28-6-,33-29+/t39?,40-,41+/m1/s1. The number of carbonyl (C=O) groups excluding carboxylic acids is 2. The molecule has 0 fully saturated rings. The van der Waals surface area contributed by atoms with Crippen LogP contribution in [0.5, 0.6) is 0 Å². The van der Waals surface area contributed by atoms with Gasteiger partial charge < -0.3 is 30.3 Å². The minimum absolute atomic E-state index is 0.0144. The second kappa shape index (κ2) is 38.2. The Morgan fingerprint density at radius 3 is 1.88 bits per heavy atom. The number of phosphoric acid groups is 1. The topological polar surface area (TPSA) is 192 Å². The average molecular weight is 822 g/mol. The Morgan fingerprint density at radius 2 is 1.23 bits per heavy atom. The van der Waals surface area contributed by atoms with Crippen molar-refractivity contribution in [3.05, 3.63) is 85.1 Å². The Bertz CT molecular complexity index is 1300. The van der Waals surface area contributed by atoms with Crippen molar-refractivity contribution in [2.24, 2.45) is 5.73 Å². The molecule has 4 atom stereocenters. The van der Waals surface area contributed by atoms with E-state index in [4.69, 9.17) is 24.8 Å². The lowest BCUT2D eigenvalue weighted by Crippen LogP contribution is -2.34. The summed E-state index contributed by atoms with van der Waals surface area (Å²) in [5, 5.41) is 18.7. The number of carboxylic acid groups (broad SMARTS) is 1. The third kappa shape index (κ3) is 37.9. The van der Waals surface area contributed by atoms with Crippen LogP contribution in [0.1, 0.15) is 136 Å². The van der Waals surface area contributed by atoms with Gasteiger partial charge in [-0.1, -0.05) is 137 Å². The molecule has 0 aliphatic rings. The highest BCUT2D eigenvalue weighted by atomic mass is 31.2. The van der Waals surface area contributed by atoms with Crippen molar-refractivity contribution in [1.82, 2.24) is 0 Å². The first-order valence-electron chi connectivity index (χ1n) is 20.7. The van der Waals surface area contributed by atoms with Crippen LogP contribution in [0.15, 0.2) is 85.1 Å². The van der Waals surface area contributed by atoms with Crippen LogP contribution in [0.3, 0.4) is 0 Å². The van der Waals surface area contributed by atoms with Crippen LogP contribution in [-0.4, -0.2) is 71.1 Å². The molecule has 0 bridgehead atoms. The van der Waals surface area contributed by atoms with Gasteiger partial charge in [0.25, 0.3) is 0 Å². The van der Waals surface area contributed by atoms with E-state index in [9.17, 15) is 28.9 Å². The lowest BCUT2D eigenvalue weighted by molar-refractivity contribution is -0.161. The zero-order valence-corrected chi connectivity index (χ0v) is 35.4. The van der Waals surface area contributed by atoms with Crippen LogP contribution < -0.4 is 5.73 Å². The lowest BCUT2D eigenvalue weighted by Gasteiger charge is -2.20. The van der Waals surface area contributed by atoms with Gasteiger partial charge in [0.1, 0.15) is 12.6 Å². The number of aliphatic carboxylic acids is 1. The molecule has 0 aliphatic carbocycles. The van der Waals surface area contributed by atoms with E-state index in [0.29, 0.717) is 25.7 Å². The molecule has 0 spiro atoms. The molecule has 0 rings (SSSR count). The van der Waals surface area contributed by atoms with E-state index in [2.05, 4.69) is 42.7 Å². The normalized spacial score (nSPS) is 15.2. The molecule has 0 saturated carbocycles. The van der Waals surface area contributed by atoms with Gasteiger partial charge >= 0.3 is 25.7 Å². The van der Waals surface area contributed by atoms with Crippen LogP contribution in [0.4, 0.5) is 0 Å². The Morgan fingerprint density at radius 1 is 0.649 bits per heavy atom. The third-order valence-corrected chi connectivity index (χ3v) is 9.17. The number of esters is 2. The van der Waals surface area contributed by atoms with Crippen LogP contribution >= 0.6 is 7.82 Å². The molecule has 0 aromatic carbocycles. The molecule has 0 amide bonds. The summed E-state index contributed by atoms with van der Waals surface area (Å²) >= 11 is 0. The summed E-state index contributed by atoms with van der Waals surface area (Å²) in [7, 11) is -4.75. The highest BCUT2D eigenvalue weighted by Crippen LogP contribution is 2.43. The first-order chi connectivity index (χ1) is 27.5. The predicted molar refractivity (Wildman–Crippen MR) is 227 cm³/mol. The van der Waals surface area contributed by atoms with Gasteiger partial charge in [-0.2, -0.15) is 0 Å².